The summed E-state index contributed by atoms with van der Waals surface area (Å²) in [6.45, 7) is 7.86. The average Bonchev–Trinajstić information content (AvgIpc) is 3.28. The minimum Gasteiger partial charge on any atom is -0.469 e. The van der Waals surface area contributed by atoms with Crippen molar-refractivity contribution in [2.45, 2.75) is 13.3 Å². The summed E-state index contributed by atoms with van der Waals surface area (Å²) in [5.41, 5.74) is 0. The predicted octanol–water partition coefficient (Wildman–Crippen LogP) is 3.29. The molecule has 1 N–H and O–H groups in total. The summed E-state index contributed by atoms with van der Waals surface area (Å²) in [4.78, 5) is 9.56. The van der Waals surface area contributed by atoms with E-state index in [1.807, 2.05) is 23.5 Å². The summed E-state index contributed by atoms with van der Waals surface area (Å²) in [5, 5.41) is 6.92. The van der Waals surface area contributed by atoms with E-state index in [1.54, 1.807) is 6.26 Å². The normalized spacial score (nSPS) is 15.3. The lowest BCUT2D eigenvalue weighted by Crippen LogP contribution is -2.52. The Morgan fingerprint density at radius 1 is 1.25 bits per heavy atom. The molecule has 7 heteroatoms. The number of halogens is 1. The van der Waals surface area contributed by atoms with E-state index < -0.39 is 0 Å². The fraction of sp³-hybridized carbons (Fsp3) is 0.471. The number of furan rings is 1. The molecule has 0 saturated carbocycles. The van der Waals surface area contributed by atoms with Crippen molar-refractivity contribution in [1.29, 1.82) is 0 Å². The van der Waals surface area contributed by atoms with Crippen LogP contribution in [-0.2, 0) is 6.42 Å². The molecule has 0 bridgehead atoms. The third kappa shape index (κ3) is 5.14. The average molecular weight is 460 g/mol. The highest BCUT2D eigenvalue weighted by molar-refractivity contribution is 14.0. The monoisotopic (exact) mass is 460 g/mol. The van der Waals surface area contributed by atoms with E-state index in [-0.39, 0.29) is 24.0 Å². The van der Waals surface area contributed by atoms with Crippen LogP contribution in [0.3, 0.4) is 0 Å². The molecule has 2 aromatic heterocycles. The number of thiophene rings is 1. The lowest BCUT2D eigenvalue weighted by Gasteiger charge is -2.37. The Balaban J connectivity index is 0.00000208. The van der Waals surface area contributed by atoms with Gasteiger partial charge in [0.25, 0.3) is 0 Å². The van der Waals surface area contributed by atoms with Crippen LogP contribution in [0.5, 0.6) is 0 Å². The third-order valence-electron chi connectivity index (χ3n) is 3.93. The molecule has 1 aliphatic rings. The molecule has 2 aromatic rings. The molecular formula is C17H25IN4OS. The summed E-state index contributed by atoms with van der Waals surface area (Å²) in [6, 6.07) is 8.24. The minimum atomic E-state index is 0. The Labute approximate surface area is 164 Å². The van der Waals surface area contributed by atoms with Gasteiger partial charge in [-0.1, -0.05) is 0 Å². The lowest BCUT2D eigenvalue weighted by atomic mass is 10.3. The molecule has 1 aliphatic heterocycles. The van der Waals surface area contributed by atoms with Gasteiger partial charge >= 0.3 is 0 Å². The van der Waals surface area contributed by atoms with Crippen molar-refractivity contribution in [3.63, 3.8) is 0 Å². The van der Waals surface area contributed by atoms with Crippen molar-refractivity contribution < 1.29 is 4.42 Å². The largest absolute Gasteiger partial charge is 0.469 e. The number of guanidine groups is 1. The summed E-state index contributed by atoms with van der Waals surface area (Å²) < 4.78 is 5.37. The zero-order valence-electron chi connectivity index (χ0n) is 14.0. The van der Waals surface area contributed by atoms with Crippen LogP contribution in [0.4, 0.5) is 5.00 Å². The highest BCUT2D eigenvalue weighted by Gasteiger charge is 2.20. The van der Waals surface area contributed by atoms with E-state index in [9.17, 15) is 0 Å². The maximum Gasteiger partial charge on any atom is 0.194 e. The van der Waals surface area contributed by atoms with Crippen molar-refractivity contribution in [1.82, 2.24) is 10.2 Å². The van der Waals surface area contributed by atoms with E-state index in [0.29, 0.717) is 0 Å². The maximum absolute atomic E-state index is 5.37. The fourth-order valence-corrected chi connectivity index (χ4v) is 3.53. The molecular weight excluding hydrogens is 435 g/mol. The number of aliphatic imine (C=N–C) groups is 1. The van der Waals surface area contributed by atoms with Crippen LogP contribution in [0.25, 0.3) is 0 Å². The van der Waals surface area contributed by atoms with Gasteiger partial charge in [0.05, 0.1) is 11.3 Å². The zero-order chi connectivity index (χ0) is 15.9. The topological polar surface area (TPSA) is 44.0 Å². The Morgan fingerprint density at radius 2 is 2.08 bits per heavy atom. The van der Waals surface area contributed by atoms with Crippen LogP contribution in [0.15, 0.2) is 45.3 Å². The van der Waals surface area contributed by atoms with Gasteiger partial charge in [-0.25, -0.2) is 0 Å². The Kier molecular flexibility index (Phi) is 7.90. The van der Waals surface area contributed by atoms with Gasteiger partial charge in [0.2, 0.25) is 0 Å². The molecule has 132 valence electrons. The van der Waals surface area contributed by atoms with Crippen LogP contribution in [-0.4, -0.2) is 50.1 Å². The van der Waals surface area contributed by atoms with Gasteiger partial charge in [0.1, 0.15) is 5.76 Å². The molecule has 0 aromatic carbocycles. The molecule has 0 spiro atoms. The first kappa shape index (κ1) is 19.1. The number of anilines is 1. The van der Waals surface area contributed by atoms with Crippen molar-refractivity contribution in [2.75, 3.05) is 44.2 Å². The highest BCUT2D eigenvalue weighted by Crippen LogP contribution is 2.22. The van der Waals surface area contributed by atoms with E-state index in [0.717, 1.165) is 57.4 Å². The number of nitrogens with zero attached hydrogens (tertiary/aromatic N) is 3. The van der Waals surface area contributed by atoms with Crippen LogP contribution < -0.4 is 10.2 Å². The molecule has 0 amide bonds. The first-order chi connectivity index (χ1) is 11.4. The Morgan fingerprint density at radius 3 is 2.71 bits per heavy atom. The highest BCUT2D eigenvalue weighted by atomic mass is 127. The van der Waals surface area contributed by atoms with E-state index in [2.05, 4.69) is 39.6 Å². The lowest BCUT2D eigenvalue weighted by molar-refractivity contribution is 0.373. The second-order valence-electron chi connectivity index (χ2n) is 5.49. The van der Waals surface area contributed by atoms with Crippen molar-refractivity contribution in [3.05, 3.63) is 41.7 Å². The van der Waals surface area contributed by atoms with Gasteiger partial charge in [0.15, 0.2) is 5.96 Å². The number of hydrogen-bond donors (Lipinski definition) is 1. The molecule has 5 nitrogen and oxygen atoms in total. The second-order valence-corrected chi connectivity index (χ2v) is 6.42. The van der Waals surface area contributed by atoms with Crippen molar-refractivity contribution in [2.24, 2.45) is 4.99 Å². The maximum atomic E-state index is 5.37. The summed E-state index contributed by atoms with van der Waals surface area (Å²) in [6.07, 6.45) is 2.56. The van der Waals surface area contributed by atoms with Crippen LogP contribution in [0, 0.1) is 0 Å². The van der Waals surface area contributed by atoms with Gasteiger partial charge in [-0.2, -0.15) is 0 Å². The first-order valence-electron chi connectivity index (χ1n) is 8.21. The minimum absolute atomic E-state index is 0. The van der Waals surface area contributed by atoms with Crippen LogP contribution in [0.1, 0.15) is 12.7 Å². The van der Waals surface area contributed by atoms with Crippen molar-refractivity contribution in [3.8, 4) is 0 Å². The predicted molar refractivity (Wildman–Crippen MR) is 112 cm³/mol. The molecule has 0 atom stereocenters. The number of hydrogen-bond acceptors (Lipinski definition) is 4. The number of rotatable bonds is 5. The molecule has 1 saturated heterocycles. The van der Waals surface area contributed by atoms with Gasteiger partial charge < -0.3 is 19.5 Å². The SMILES string of the molecule is CCNC(=NCCc1ccco1)N1CCN(c2cccs2)CC1.I. The number of nitrogens with one attached hydrogen (secondary N) is 1. The quantitative estimate of drug-likeness (QED) is 0.423. The van der Waals surface area contributed by atoms with Crippen molar-refractivity contribution >= 4 is 46.3 Å². The van der Waals surface area contributed by atoms with Crippen LogP contribution in [0.2, 0.25) is 0 Å². The number of piperazine rings is 1. The van der Waals surface area contributed by atoms with Gasteiger partial charge in [-0.05, 0) is 36.6 Å². The summed E-state index contributed by atoms with van der Waals surface area (Å²) >= 11 is 1.81. The molecule has 0 radical (unpaired) electrons. The standard InChI is InChI=1S/C17H24N4OS.HI/c1-2-18-17(19-8-7-15-5-3-13-22-15)21-11-9-20(10-12-21)16-6-4-14-23-16;/h3-6,13-14H,2,7-12H2,1H3,(H,18,19);1H. The van der Waals surface area contributed by atoms with Gasteiger partial charge in [0, 0.05) is 45.7 Å². The summed E-state index contributed by atoms with van der Waals surface area (Å²) in [5.74, 6) is 2.01. The van der Waals surface area contributed by atoms with E-state index in [4.69, 9.17) is 9.41 Å². The second kappa shape index (κ2) is 9.93. The molecule has 3 heterocycles. The van der Waals surface area contributed by atoms with E-state index >= 15 is 0 Å². The third-order valence-corrected chi connectivity index (χ3v) is 4.86. The Hall–Kier alpha value is -1.22. The van der Waals surface area contributed by atoms with Gasteiger partial charge in [-0.3, -0.25) is 4.99 Å². The molecule has 0 unspecified atom stereocenters. The summed E-state index contributed by atoms with van der Waals surface area (Å²) in [7, 11) is 0. The molecule has 1 fully saturated rings. The van der Waals surface area contributed by atoms with Gasteiger partial charge in [-0.15, -0.1) is 35.3 Å². The van der Waals surface area contributed by atoms with E-state index in [1.165, 1.54) is 5.00 Å². The van der Waals surface area contributed by atoms with Crippen LogP contribution >= 0.6 is 35.3 Å². The molecule has 0 aliphatic carbocycles. The smallest absolute Gasteiger partial charge is 0.194 e. The molecule has 3 rings (SSSR count). The Bertz CT molecular complexity index is 592. The molecule has 24 heavy (non-hydrogen) atoms. The zero-order valence-corrected chi connectivity index (χ0v) is 17.1. The first-order valence-corrected chi connectivity index (χ1v) is 9.09. The fourth-order valence-electron chi connectivity index (χ4n) is 2.74.